The van der Waals surface area contributed by atoms with Gasteiger partial charge < -0.3 is 5.32 Å². The van der Waals surface area contributed by atoms with Crippen molar-refractivity contribution in [1.82, 2.24) is 5.32 Å². The van der Waals surface area contributed by atoms with Gasteiger partial charge in [-0.2, -0.15) is 0 Å². The number of hydrogen-bond donors (Lipinski definition) is 1. The molecule has 0 aliphatic carbocycles. The number of unbranched alkanes of at least 4 members (excludes halogenated alkanes) is 22. The molecule has 196 valence electrons. The summed E-state index contributed by atoms with van der Waals surface area (Å²) in [5.41, 5.74) is 0. The molecular weight excluding hydrogens is 386 g/mol. The fraction of sp³-hybridized carbons (Fsp3) is 1.00. The van der Waals surface area contributed by atoms with Crippen molar-refractivity contribution >= 4 is 0 Å². The SMILES string of the molecule is CCCCCCCCCCCCCCCC.CCCCCCCCNCCCCCCC. The first-order valence-corrected chi connectivity index (χ1v) is 15.5. The molecule has 0 fully saturated rings. The van der Waals surface area contributed by atoms with Gasteiger partial charge in [-0.05, 0) is 25.9 Å². The number of rotatable bonds is 26. The molecule has 0 aliphatic rings. The second kappa shape index (κ2) is 35.5. The van der Waals surface area contributed by atoms with E-state index in [0.29, 0.717) is 0 Å². The zero-order valence-electron chi connectivity index (χ0n) is 23.6. The predicted molar refractivity (Wildman–Crippen MR) is 151 cm³/mol. The van der Waals surface area contributed by atoms with Crippen LogP contribution in [0.15, 0.2) is 0 Å². The zero-order valence-corrected chi connectivity index (χ0v) is 23.6. The normalized spacial score (nSPS) is 10.9. The van der Waals surface area contributed by atoms with Crippen LogP contribution in [0.25, 0.3) is 0 Å². The highest BCUT2D eigenvalue weighted by atomic mass is 14.8. The predicted octanol–water partition coefficient (Wildman–Crippen LogP) is 11.4. The fourth-order valence-electron chi connectivity index (χ4n) is 4.28. The Bertz CT molecular complexity index is 220. The lowest BCUT2D eigenvalue weighted by molar-refractivity contribution is 0.538. The molecule has 0 aliphatic heterocycles. The molecule has 0 bridgehead atoms. The molecule has 1 nitrogen and oxygen atoms in total. The Balaban J connectivity index is 0. The van der Waals surface area contributed by atoms with Gasteiger partial charge in [-0.15, -0.1) is 0 Å². The molecule has 0 spiro atoms. The van der Waals surface area contributed by atoms with Gasteiger partial charge in [-0.3, -0.25) is 0 Å². The van der Waals surface area contributed by atoms with Crippen LogP contribution in [-0.4, -0.2) is 13.1 Å². The summed E-state index contributed by atoms with van der Waals surface area (Å²) in [6.45, 7) is 11.6. The molecule has 0 amide bonds. The van der Waals surface area contributed by atoms with Gasteiger partial charge in [0.2, 0.25) is 0 Å². The molecule has 0 aromatic rings. The summed E-state index contributed by atoms with van der Waals surface area (Å²) in [7, 11) is 0. The summed E-state index contributed by atoms with van der Waals surface area (Å²) in [5, 5.41) is 3.55. The van der Waals surface area contributed by atoms with Gasteiger partial charge in [0.25, 0.3) is 0 Å². The van der Waals surface area contributed by atoms with Crippen molar-refractivity contribution in [1.29, 1.82) is 0 Å². The maximum atomic E-state index is 3.55. The van der Waals surface area contributed by atoms with Crippen molar-refractivity contribution in [3.63, 3.8) is 0 Å². The molecule has 0 atom stereocenters. The third-order valence-electron chi connectivity index (χ3n) is 6.62. The monoisotopic (exact) mass is 454 g/mol. The molecule has 1 heteroatoms. The van der Waals surface area contributed by atoms with Crippen LogP contribution in [0.5, 0.6) is 0 Å². The van der Waals surface area contributed by atoms with Crippen LogP contribution in [0.4, 0.5) is 0 Å². The highest BCUT2D eigenvalue weighted by molar-refractivity contribution is 4.51. The molecule has 0 rings (SSSR count). The van der Waals surface area contributed by atoms with Crippen LogP contribution >= 0.6 is 0 Å². The van der Waals surface area contributed by atoms with E-state index in [2.05, 4.69) is 33.0 Å². The molecule has 0 heterocycles. The average Bonchev–Trinajstić information content (AvgIpc) is 2.81. The lowest BCUT2D eigenvalue weighted by atomic mass is 10.0. The Kier molecular flexibility index (Phi) is 37.9. The van der Waals surface area contributed by atoms with E-state index in [0.717, 1.165) is 0 Å². The first kappa shape index (κ1) is 34.1. The third kappa shape index (κ3) is 37.3. The first-order chi connectivity index (χ1) is 15.8. The Labute approximate surface area is 206 Å². The summed E-state index contributed by atoms with van der Waals surface area (Å²) in [6.07, 6.45) is 35.8. The quantitative estimate of drug-likeness (QED) is 0.128. The van der Waals surface area contributed by atoms with E-state index in [-0.39, 0.29) is 0 Å². The molecule has 0 saturated heterocycles. The second-order valence-electron chi connectivity index (χ2n) is 10.2. The van der Waals surface area contributed by atoms with Gasteiger partial charge in [-0.25, -0.2) is 0 Å². The minimum Gasteiger partial charge on any atom is -0.317 e. The van der Waals surface area contributed by atoms with Crippen LogP contribution in [-0.2, 0) is 0 Å². The number of hydrogen-bond acceptors (Lipinski definition) is 1. The standard InChI is InChI=1S/C16H34.C15H33N/c2*1-3-5-7-9-11-13-15-16-14-12-10-8-6-4-2/h3-16H2,1-2H3;16H,3-15H2,1-2H3. The lowest BCUT2D eigenvalue weighted by Gasteiger charge is -2.04. The largest absolute Gasteiger partial charge is 0.317 e. The van der Waals surface area contributed by atoms with Gasteiger partial charge >= 0.3 is 0 Å². The topological polar surface area (TPSA) is 12.0 Å². The molecule has 0 unspecified atom stereocenters. The van der Waals surface area contributed by atoms with Crippen molar-refractivity contribution in [2.75, 3.05) is 13.1 Å². The van der Waals surface area contributed by atoms with Crippen molar-refractivity contribution in [2.24, 2.45) is 0 Å². The van der Waals surface area contributed by atoms with Gasteiger partial charge in [-0.1, -0.05) is 175 Å². The molecule has 1 N–H and O–H groups in total. The van der Waals surface area contributed by atoms with E-state index in [1.165, 1.54) is 174 Å². The van der Waals surface area contributed by atoms with Crippen LogP contribution in [0, 0.1) is 0 Å². The van der Waals surface area contributed by atoms with Crippen molar-refractivity contribution < 1.29 is 0 Å². The van der Waals surface area contributed by atoms with Crippen LogP contribution in [0.1, 0.15) is 188 Å². The van der Waals surface area contributed by atoms with E-state index < -0.39 is 0 Å². The van der Waals surface area contributed by atoms with E-state index in [1.54, 1.807) is 0 Å². The van der Waals surface area contributed by atoms with Gasteiger partial charge in [0.15, 0.2) is 0 Å². The summed E-state index contributed by atoms with van der Waals surface area (Å²) in [5.74, 6) is 0. The van der Waals surface area contributed by atoms with E-state index in [9.17, 15) is 0 Å². The highest BCUT2D eigenvalue weighted by Gasteiger charge is 1.93. The van der Waals surface area contributed by atoms with Crippen molar-refractivity contribution in [3.05, 3.63) is 0 Å². The summed E-state index contributed by atoms with van der Waals surface area (Å²) >= 11 is 0. The molecule has 0 radical (unpaired) electrons. The van der Waals surface area contributed by atoms with Crippen LogP contribution in [0.2, 0.25) is 0 Å². The number of nitrogens with one attached hydrogen (secondary N) is 1. The average molecular weight is 454 g/mol. The summed E-state index contributed by atoms with van der Waals surface area (Å²) in [6, 6.07) is 0. The molecule has 0 saturated carbocycles. The summed E-state index contributed by atoms with van der Waals surface area (Å²) < 4.78 is 0. The zero-order chi connectivity index (χ0) is 23.8. The Morgan fingerprint density at radius 1 is 0.250 bits per heavy atom. The fourth-order valence-corrected chi connectivity index (χ4v) is 4.28. The van der Waals surface area contributed by atoms with Gasteiger partial charge in [0, 0.05) is 0 Å². The van der Waals surface area contributed by atoms with Crippen molar-refractivity contribution in [2.45, 2.75) is 188 Å². The molecule has 32 heavy (non-hydrogen) atoms. The Hall–Kier alpha value is -0.0400. The van der Waals surface area contributed by atoms with Crippen molar-refractivity contribution in [3.8, 4) is 0 Å². The van der Waals surface area contributed by atoms with Gasteiger partial charge in [0.1, 0.15) is 0 Å². The van der Waals surface area contributed by atoms with Crippen LogP contribution < -0.4 is 5.32 Å². The summed E-state index contributed by atoms with van der Waals surface area (Å²) in [4.78, 5) is 0. The lowest BCUT2D eigenvalue weighted by Crippen LogP contribution is -2.16. The van der Waals surface area contributed by atoms with E-state index >= 15 is 0 Å². The maximum absolute atomic E-state index is 3.55. The van der Waals surface area contributed by atoms with E-state index in [4.69, 9.17) is 0 Å². The smallest absolute Gasteiger partial charge is 0.00489 e. The van der Waals surface area contributed by atoms with Gasteiger partial charge in [0.05, 0.1) is 0 Å². The molecule has 0 aromatic carbocycles. The minimum atomic E-state index is 1.23. The highest BCUT2D eigenvalue weighted by Crippen LogP contribution is 2.12. The molecule has 0 aromatic heterocycles. The Morgan fingerprint density at radius 2 is 0.438 bits per heavy atom. The first-order valence-electron chi connectivity index (χ1n) is 15.5. The second-order valence-corrected chi connectivity index (χ2v) is 10.2. The van der Waals surface area contributed by atoms with E-state index in [1.807, 2.05) is 0 Å². The minimum absolute atomic E-state index is 1.23. The molecular formula is C31H67N. The third-order valence-corrected chi connectivity index (χ3v) is 6.62. The van der Waals surface area contributed by atoms with Crippen LogP contribution in [0.3, 0.4) is 0 Å². The maximum Gasteiger partial charge on any atom is -0.00489 e. The Morgan fingerprint density at radius 3 is 0.656 bits per heavy atom.